The van der Waals surface area contributed by atoms with Gasteiger partial charge in [-0.15, -0.1) is 0 Å². The number of carbonyl (C=O) groups excluding carboxylic acids is 1. The Morgan fingerprint density at radius 1 is 1.09 bits per heavy atom. The van der Waals surface area contributed by atoms with E-state index in [1.165, 1.54) is 11.1 Å². The first-order valence-corrected chi connectivity index (χ1v) is 7.95. The van der Waals surface area contributed by atoms with Crippen LogP contribution in [0.15, 0.2) is 54.6 Å². The maximum atomic E-state index is 12.1. The zero-order chi connectivity index (χ0) is 16.5. The molecule has 2 aromatic rings. The van der Waals surface area contributed by atoms with Crippen molar-refractivity contribution in [2.45, 2.75) is 25.8 Å². The minimum atomic E-state index is -0.208. The van der Waals surface area contributed by atoms with Gasteiger partial charge in [-0.3, -0.25) is 0 Å². The minimum absolute atomic E-state index is 0.0308. The van der Waals surface area contributed by atoms with Gasteiger partial charge in [-0.25, -0.2) is 4.79 Å². The summed E-state index contributed by atoms with van der Waals surface area (Å²) in [6.07, 6.45) is 1.30. The third kappa shape index (κ3) is 5.42. The highest BCUT2D eigenvalue weighted by atomic mass is 16.3. The molecule has 2 amide bonds. The monoisotopic (exact) mass is 312 g/mol. The Bertz CT molecular complexity index is 614. The summed E-state index contributed by atoms with van der Waals surface area (Å²) < 4.78 is 0. The van der Waals surface area contributed by atoms with Crippen LogP contribution in [0.5, 0.6) is 0 Å². The molecule has 122 valence electrons. The Kier molecular flexibility index (Phi) is 6.63. The van der Waals surface area contributed by atoms with Crippen molar-refractivity contribution in [1.82, 2.24) is 10.6 Å². The fourth-order valence-electron chi connectivity index (χ4n) is 2.55. The molecule has 0 fully saturated rings. The molecule has 0 spiro atoms. The first-order chi connectivity index (χ1) is 11.2. The lowest BCUT2D eigenvalue weighted by Crippen LogP contribution is -2.39. The number of amides is 2. The van der Waals surface area contributed by atoms with E-state index in [2.05, 4.69) is 29.7 Å². The number of nitrogens with one attached hydrogen (secondary N) is 2. The van der Waals surface area contributed by atoms with E-state index in [-0.39, 0.29) is 18.7 Å². The fourth-order valence-corrected chi connectivity index (χ4v) is 2.55. The summed E-state index contributed by atoms with van der Waals surface area (Å²) in [5, 5.41) is 15.0. The van der Waals surface area contributed by atoms with Crippen molar-refractivity contribution in [3.63, 3.8) is 0 Å². The molecular weight excluding hydrogens is 288 g/mol. The lowest BCUT2D eigenvalue weighted by molar-refractivity contribution is 0.229. The molecule has 4 nitrogen and oxygen atoms in total. The minimum Gasteiger partial charge on any atom is -0.396 e. The normalized spacial score (nSPS) is 11.7. The first-order valence-electron chi connectivity index (χ1n) is 7.95. The molecule has 3 N–H and O–H groups in total. The Balaban J connectivity index is 1.84. The molecule has 2 aromatic carbocycles. The Labute approximate surface area is 137 Å². The third-order valence-corrected chi connectivity index (χ3v) is 3.87. The number of aliphatic hydroxyl groups excluding tert-OH is 1. The highest BCUT2D eigenvalue weighted by Gasteiger charge is 2.13. The number of hydrogen-bond donors (Lipinski definition) is 3. The van der Waals surface area contributed by atoms with Crippen LogP contribution in [0, 0.1) is 6.92 Å². The van der Waals surface area contributed by atoms with Crippen LogP contribution >= 0.6 is 0 Å². The third-order valence-electron chi connectivity index (χ3n) is 3.87. The molecule has 0 aliphatic carbocycles. The van der Waals surface area contributed by atoms with E-state index < -0.39 is 0 Å². The fraction of sp³-hybridized carbons (Fsp3) is 0.316. The quantitative estimate of drug-likeness (QED) is 0.736. The largest absolute Gasteiger partial charge is 0.396 e. The van der Waals surface area contributed by atoms with Gasteiger partial charge in [0.25, 0.3) is 0 Å². The van der Waals surface area contributed by atoms with Crippen LogP contribution in [0.1, 0.15) is 29.2 Å². The Hall–Kier alpha value is -2.33. The lowest BCUT2D eigenvalue weighted by atomic mass is 10.0. The van der Waals surface area contributed by atoms with Crippen LogP contribution in [-0.2, 0) is 6.42 Å². The first kappa shape index (κ1) is 17.0. The lowest BCUT2D eigenvalue weighted by Gasteiger charge is -2.19. The zero-order valence-electron chi connectivity index (χ0n) is 13.5. The molecule has 23 heavy (non-hydrogen) atoms. The van der Waals surface area contributed by atoms with E-state index in [0.29, 0.717) is 13.0 Å². The van der Waals surface area contributed by atoms with Crippen molar-refractivity contribution in [3.8, 4) is 0 Å². The van der Waals surface area contributed by atoms with Gasteiger partial charge < -0.3 is 15.7 Å². The van der Waals surface area contributed by atoms with E-state index in [4.69, 9.17) is 0 Å². The van der Waals surface area contributed by atoms with Gasteiger partial charge in [0.05, 0.1) is 6.04 Å². The molecule has 1 atom stereocenters. The molecule has 0 aromatic heterocycles. The maximum absolute atomic E-state index is 12.1. The van der Waals surface area contributed by atoms with Crippen molar-refractivity contribution >= 4 is 6.03 Å². The molecule has 0 aliphatic heterocycles. The Morgan fingerprint density at radius 3 is 2.48 bits per heavy atom. The summed E-state index contributed by atoms with van der Waals surface area (Å²) in [5.41, 5.74) is 3.47. The summed E-state index contributed by atoms with van der Waals surface area (Å²) in [6, 6.07) is 17.5. The number of benzene rings is 2. The number of carbonyl (C=O) groups is 1. The average molecular weight is 312 g/mol. The molecule has 0 unspecified atom stereocenters. The van der Waals surface area contributed by atoms with Gasteiger partial charge in [0, 0.05) is 13.2 Å². The number of aliphatic hydroxyl groups is 1. The van der Waals surface area contributed by atoms with Crippen molar-refractivity contribution in [2.75, 3.05) is 13.2 Å². The molecule has 0 aliphatic rings. The van der Waals surface area contributed by atoms with E-state index in [1.807, 2.05) is 42.5 Å². The molecule has 0 saturated heterocycles. The summed E-state index contributed by atoms with van der Waals surface area (Å²) in [6.45, 7) is 2.68. The standard InChI is InChI=1S/C19H24N2O2/c1-15-7-5-6-8-16(15)11-13-20-19(23)21-18(12-14-22)17-9-3-2-4-10-17/h2-10,18,22H,11-14H2,1H3,(H2,20,21,23)/t18-/m1/s1. The van der Waals surface area contributed by atoms with Crippen LogP contribution in [0.4, 0.5) is 4.79 Å². The number of rotatable bonds is 7. The highest BCUT2D eigenvalue weighted by Crippen LogP contribution is 2.15. The van der Waals surface area contributed by atoms with Crippen LogP contribution in [-0.4, -0.2) is 24.3 Å². The van der Waals surface area contributed by atoms with Crippen LogP contribution in [0.3, 0.4) is 0 Å². The number of hydrogen-bond acceptors (Lipinski definition) is 2. The summed E-state index contributed by atoms with van der Waals surface area (Å²) in [4.78, 5) is 12.1. The van der Waals surface area contributed by atoms with Gasteiger partial charge in [0.2, 0.25) is 0 Å². The zero-order valence-corrected chi connectivity index (χ0v) is 13.5. The van der Waals surface area contributed by atoms with Crippen molar-refractivity contribution < 1.29 is 9.90 Å². The van der Waals surface area contributed by atoms with E-state index in [0.717, 1.165) is 12.0 Å². The SMILES string of the molecule is Cc1ccccc1CCNC(=O)N[C@H](CCO)c1ccccc1. The second-order valence-electron chi connectivity index (χ2n) is 5.55. The van der Waals surface area contributed by atoms with Gasteiger partial charge in [0.15, 0.2) is 0 Å². The van der Waals surface area contributed by atoms with Gasteiger partial charge in [0.1, 0.15) is 0 Å². The highest BCUT2D eigenvalue weighted by molar-refractivity contribution is 5.74. The van der Waals surface area contributed by atoms with Crippen LogP contribution < -0.4 is 10.6 Å². The van der Waals surface area contributed by atoms with Crippen molar-refractivity contribution in [3.05, 3.63) is 71.3 Å². The van der Waals surface area contributed by atoms with E-state index >= 15 is 0 Å². The molecular formula is C19H24N2O2. The molecule has 0 heterocycles. The average Bonchev–Trinajstić information content (AvgIpc) is 2.57. The van der Waals surface area contributed by atoms with Gasteiger partial charge in [-0.1, -0.05) is 54.6 Å². The van der Waals surface area contributed by atoms with E-state index in [9.17, 15) is 9.90 Å². The second-order valence-corrected chi connectivity index (χ2v) is 5.55. The smallest absolute Gasteiger partial charge is 0.315 e. The molecule has 2 rings (SSSR count). The topological polar surface area (TPSA) is 61.4 Å². The molecule has 4 heteroatoms. The van der Waals surface area contributed by atoms with Crippen molar-refractivity contribution in [1.29, 1.82) is 0 Å². The van der Waals surface area contributed by atoms with Crippen LogP contribution in [0.2, 0.25) is 0 Å². The molecule has 0 radical (unpaired) electrons. The second kappa shape index (κ2) is 8.96. The summed E-state index contributed by atoms with van der Waals surface area (Å²) in [5.74, 6) is 0. The molecule has 0 saturated carbocycles. The summed E-state index contributed by atoms with van der Waals surface area (Å²) >= 11 is 0. The summed E-state index contributed by atoms with van der Waals surface area (Å²) in [7, 11) is 0. The van der Waals surface area contributed by atoms with Crippen LogP contribution in [0.25, 0.3) is 0 Å². The van der Waals surface area contributed by atoms with Gasteiger partial charge >= 0.3 is 6.03 Å². The predicted molar refractivity (Wildman–Crippen MR) is 92.3 cm³/mol. The van der Waals surface area contributed by atoms with Crippen molar-refractivity contribution in [2.24, 2.45) is 0 Å². The van der Waals surface area contributed by atoms with E-state index in [1.54, 1.807) is 0 Å². The van der Waals surface area contributed by atoms with Gasteiger partial charge in [-0.05, 0) is 36.5 Å². The maximum Gasteiger partial charge on any atom is 0.315 e. The predicted octanol–water partition coefficient (Wildman–Crippen LogP) is 2.96. The number of aryl methyl sites for hydroxylation is 1. The molecule has 0 bridgehead atoms. The Morgan fingerprint density at radius 2 is 1.78 bits per heavy atom. The van der Waals surface area contributed by atoms with Gasteiger partial charge in [-0.2, -0.15) is 0 Å². The number of urea groups is 1.